The molecule has 0 unspecified atom stereocenters. The third-order valence-corrected chi connectivity index (χ3v) is 2.57. The van der Waals surface area contributed by atoms with Gasteiger partial charge in [-0.15, -0.1) is 0 Å². The smallest absolute Gasteiger partial charge is 0.276 e. The molecule has 0 aliphatic carbocycles. The lowest BCUT2D eigenvalue weighted by molar-refractivity contribution is -0.385. The molecule has 0 fully saturated rings. The van der Waals surface area contributed by atoms with Gasteiger partial charge in [0.2, 0.25) is 5.91 Å². The second-order valence-electron chi connectivity index (χ2n) is 4.62. The van der Waals surface area contributed by atoms with Gasteiger partial charge in [-0.25, -0.2) is 0 Å². The molecule has 5 heteroatoms. The number of para-hydroxylation sites is 1. The summed E-state index contributed by atoms with van der Waals surface area (Å²) in [5.74, 6) is 0.290. The highest BCUT2D eigenvalue weighted by atomic mass is 16.6. The number of nitro groups is 1. The van der Waals surface area contributed by atoms with Crippen LogP contribution >= 0.6 is 0 Å². The minimum atomic E-state index is -0.462. The van der Waals surface area contributed by atoms with Crippen molar-refractivity contribution in [2.45, 2.75) is 20.3 Å². The van der Waals surface area contributed by atoms with Crippen molar-refractivity contribution in [1.82, 2.24) is 5.32 Å². The van der Waals surface area contributed by atoms with Crippen molar-refractivity contribution in [3.8, 4) is 0 Å². The van der Waals surface area contributed by atoms with Crippen LogP contribution in [0, 0.1) is 16.0 Å². The van der Waals surface area contributed by atoms with E-state index in [1.54, 1.807) is 18.2 Å². The molecule has 1 aromatic rings. The van der Waals surface area contributed by atoms with Crippen LogP contribution in [0.3, 0.4) is 0 Å². The van der Waals surface area contributed by atoms with Gasteiger partial charge in [0.25, 0.3) is 5.69 Å². The Morgan fingerprint density at radius 3 is 2.74 bits per heavy atom. The van der Waals surface area contributed by atoms with Gasteiger partial charge < -0.3 is 5.32 Å². The fraction of sp³-hybridized carbons (Fsp3) is 0.357. The predicted octanol–water partition coefficient (Wildman–Crippen LogP) is 2.77. The van der Waals surface area contributed by atoms with Gasteiger partial charge in [-0.2, -0.15) is 0 Å². The van der Waals surface area contributed by atoms with Crippen LogP contribution in [0.1, 0.15) is 25.8 Å². The molecule has 1 aromatic carbocycles. The lowest BCUT2D eigenvalue weighted by atomic mass is 10.1. The van der Waals surface area contributed by atoms with Crippen LogP contribution in [0.15, 0.2) is 30.3 Å². The molecule has 0 aliphatic heterocycles. The van der Waals surface area contributed by atoms with Crippen LogP contribution in [-0.2, 0) is 4.79 Å². The lowest BCUT2D eigenvalue weighted by Crippen LogP contribution is -2.23. The molecule has 0 spiro atoms. The van der Waals surface area contributed by atoms with Crippen molar-refractivity contribution in [1.29, 1.82) is 0 Å². The summed E-state index contributed by atoms with van der Waals surface area (Å²) in [6.07, 6.45) is 3.69. The van der Waals surface area contributed by atoms with Gasteiger partial charge in [-0.05, 0) is 24.5 Å². The van der Waals surface area contributed by atoms with E-state index < -0.39 is 4.92 Å². The Labute approximate surface area is 112 Å². The van der Waals surface area contributed by atoms with Crippen LogP contribution in [0.2, 0.25) is 0 Å². The number of carbonyl (C=O) groups is 1. The Balaban J connectivity index is 2.61. The van der Waals surface area contributed by atoms with E-state index in [9.17, 15) is 14.9 Å². The predicted molar refractivity (Wildman–Crippen MR) is 74.6 cm³/mol. The van der Waals surface area contributed by atoms with Gasteiger partial charge in [0, 0.05) is 18.7 Å². The molecule has 0 heterocycles. The number of nitro benzene ring substituents is 1. The monoisotopic (exact) mass is 262 g/mol. The number of carbonyl (C=O) groups excluding carboxylic acids is 1. The molecule has 0 saturated heterocycles. The maximum Gasteiger partial charge on any atom is 0.276 e. The van der Waals surface area contributed by atoms with Gasteiger partial charge >= 0.3 is 0 Å². The van der Waals surface area contributed by atoms with E-state index >= 15 is 0 Å². The highest BCUT2D eigenvalue weighted by molar-refractivity contribution is 5.92. The van der Waals surface area contributed by atoms with Crippen LogP contribution in [-0.4, -0.2) is 17.4 Å². The molecule has 0 bridgehead atoms. The fourth-order valence-corrected chi connectivity index (χ4v) is 1.50. The summed E-state index contributed by atoms with van der Waals surface area (Å²) in [5.41, 5.74) is 0.417. The first kappa shape index (κ1) is 14.9. The van der Waals surface area contributed by atoms with Gasteiger partial charge in [-0.1, -0.05) is 26.0 Å². The number of nitrogens with zero attached hydrogens (tertiary/aromatic N) is 1. The lowest BCUT2D eigenvalue weighted by Gasteiger charge is -2.04. The zero-order valence-corrected chi connectivity index (χ0v) is 11.1. The Hall–Kier alpha value is -2.17. The Morgan fingerprint density at radius 2 is 2.11 bits per heavy atom. The molecular formula is C14H18N2O3. The Bertz CT molecular complexity index is 481. The Kier molecular flexibility index (Phi) is 5.73. The highest BCUT2D eigenvalue weighted by Crippen LogP contribution is 2.18. The van der Waals surface area contributed by atoms with E-state index in [1.807, 2.05) is 0 Å². The summed E-state index contributed by atoms with van der Waals surface area (Å²) >= 11 is 0. The molecule has 0 atom stereocenters. The first-order valence-corrected chi connectivity index (χ1v) is 6.20. The summed E-state index contributed by atoms with van der Waals surface area (Å²) in [4.78, 5) is 21.8. The summed E-state index contributed by atoms with van der Waals surface area (Å²) in [5, 5.41) is 13.5. The molecule has 102 valence electrons. The minimum Gasteiger partial charge on any atom is -0.353 e. The van der Waals surface area contributed by atoms with E-state index in [0.29, 0.717) is 18.0 Å². The first-order chi connectivity index (χ1) is 9.00. The standard InChI is InChI=1S/C14H18N2O3/c1-11(2)9-10-15-14(17)8-7-12-5-3-4-6-13(12)16(18)19/h3-8,11H,9-10H2,1-2H3,(H,15,17)/b8-7+. The molecular weight excluding hydrogens is 244 g/mol. The van der Waals surface area contributed by atoms with Gasteiger partial charge in [0.05, 0.1) is 10.5 Å². The maximum absolute atomic E-state index is 11.5. The van der Waals surface area contributed by atoms with Crippen molar-refractivity contribution in [3.63, 3.8) is 0 Å². The van der Waals surface area contributed by atoms with Gasteiger partial charge in [0.15, 0.2) is 0 Å². The van der Waals surface area contributed by atoms with Crippen molar-refractivity contribution in [2.75, 3.05) is 6.54 Å². The SMILES string of the molecule is CC(C)CCNC(=O)/C=C/c1ccccc1[N+](=O)[O-]. The van der Waals surface area contributed by atoms with Gasteiger partial charge in [0.1, 0.15) is 0 Å². The van der Waals surface area contributed by atoms with E-state index in [0.717, 1.165) is 6.42 Å². The largest absolute Gasteiger partial charge is 0.353 e. The van der Waals surface area contributed by atoms with Crippen molar-refractivity contribution < 1.29 is 9.72 Å². The normalized spacial score (nSPS) is 10.9. The molecule has 1 amide bonds. The van der Waals surface area contributed by atoms with Gasteiger partial charge in [-0.3, -0.25) is 14.9 Å². The summed E-state index contributed by atoms with van der Waals surface area (Å²) < 4.78 is 0. The summed E-state index contributed by atoms with van der Waals surface area (Å²) in [6, 6.07) is 6.31. The van der Waals surface area contributed by atoms with E-state index in [4.69, 9.17) is 0 Å². The number of amides is 1. The number of hydrogen-bond donors (Lipinski definition) is 1. The highest BCUT2D eigenvalue weighted by Gasteiger charge is 2.09. The van der Waals surface area contributed by atoms with E-state index in [1.165, 1.54) is 18.2 Å². The van der Waals surface area contributed by atoms with Crippen LogP contribution in [0.5, 0.6) is 0 Å². The van der Waals surface area contributed by atoms with Crippen LogP contribution < -0.4 is 5.32 Å². The quantitative estimate of drug-likeness (QED) is 0.486. The van der Waals surface area contributed by atoms with Crippen LogP contribution in [0.4, 0.5) is 5.69 Å². The molecule has 5 nitrogen and oxygen atoms in total. The third kappa shape index (κ3) is 5.33. The van der Waals surface area contributed by atoms with Crippen molar-refractivity contribution >= 4 is 17.7 Å². The van der Waals surface area contributed by atoms with E-state index in [2.05, 4.69) is 19.2 Å². The number of nitrogens with one attached hydrogen (secondary N) is 1. The molecule has 0 aliphatic rings. The molecule has 0 saturated carbocycles. The first-order valence-electron chi connectivity index (χ1n) is 6.20. The molecule has 0 aromatic heterocycles. The second kappa shape index (κ2) is 7.31. The summed E-state index contributed by atoms with van der Waals surface area (Å²) in [6.45, 7) is 4.77. The number of rotatable bonds is 6. The minimum absolute atomic E-state index is 0.00581. The third-order valence-electron chi connectivity index (χ3n) is 2.57. The summed E-state index contributed by atoms with van der Waals surface area (Å²) in [7, 11) is 0. The average molecular weight is 262 g/mol. The Morgan fingerprint density at radius 1 is 1.42 bits per heavy atom. The van der Waals surface area contributed by atoms with Crippen LogP contribution in [0.25, 0.3) is 6.08 Å². The van der Waals surface area contributed by atoms with E-state index in [-0.39, 0.29) is 11.6 Å². The number of benzene rings is 1. The average Bonchev–Trinajstić information content (AvgIpc) is 2.36. The fourth-order valence-electron chi connectivity index (χ4n) is 1.50. The van der Waals surface area contributed by atoms with Crippen molar-refractivity contribution in [2.24, 2.45) is 5.92 Å². The molecule has 19 heavy (non-hydrogen) atoms. The zero-order chi connectivity index (χ0) is 14.3. The molecule has 1 rings (SSSR count). The zero-order valence-electron chi connectivity index (χ0n) is 11.1. The molecule has 0 radical (unpaired) electrons. The molecule has 1 N–H and O–H groups in total. The topological polar surface area (TPSA) is 72.2 Å². The number of hydrogen-bond acceptors (Lipinski definition) is 3. The maximum atomic E-state index is 11.5. The van der Waals surface area contributed by atoms with Crippen molar-refractivity contribution in [3.05, 3.63) is 46.0 Å². The second-order valence-corrected chi connectivity index (χ2v) is 4.62.